The van der Waals surface area contributed by atoms with E-state index in [1.54, 1.807) is 0 Å². The zero-order valence-corrected chi connectivity index (χ0v) is 12.9. The Morgan fingerprint density at radius 3 is 2.79 bits per heavy atom. The fourth-order valence-electron chi connectivity index (χ4n) is 2.35. The molecule has 0 spiro atoms. The van der Waals surface area contributed by atoms with Gasteiger partial charge in [-0.3, -0.25) is 4.57 Å². The van der Waals surface area contributed by atoms with E-state index in [1.165, 1.54) is 9.75 Å². The van der Waals surface area contributed by atoms with Crippen LogP contribution in [0.15, 0.2) is 12.1 Å². The monoisotopic (exact) mass is 292 g/mol. The van der Waals surface area contributed by atoms with Gasteiger partial charge < -0.3 is 4.98 Å². The normalized spacial score (nSPS) is 11.5. The molecule has 19 heavy (non-hydrogen) atoms. The second kappa shape index (κ2) is 4.61. The largest absolute Gasteiger partial charge is 0.328 e. The van der Waals surface area contributed by atoms with Crippen LogP contribution in [0, 0.1) is 18.6 Å². The number of aromatic nitrogens is 4. The lowest BCUT2D eigenvalue weighted by atomic mass is 10.4. The highest BCUT2D eigenvalue weighted by molar-refractivity contribution is 7.71. The Morgan fingerprint density at radius 1 is 1.37 bits per heavy atom. The highest BCUT2D eigenvalue weighted by Crippen LogP contribution is 2.22. The summed E-state index contributed by atoms with van der Waals surface area (Å²) in [7, 11) is 0. The maximum atomic E-state index is 5.45. The Bertz CT molecular complexity index is 787. The van der Waals surface area contributed by atoms with E-state index in [-0.39, 0.29) is 0 Å². The molecule has 0 atom stereocenters. The van der Waals surface area contributed by atoms with E-state index >= 15 is 0 Å². The van der Waals surface area contributed by atoms with E-state index < -0.39 is 0 Å². The van der Waals surface area contributed by atoms with Crippen molar-refractivity contribution in [2.45, 2.75) is 33.9 Å². The van der Waals surface area contributed by atoms with Gasteiger partial charge >= 0.3 is 0 Å². The molecule has 0 aliphatic carbocycles. The van der Waals surface area contributed by atoms with Crippen LogP contribution >= 0.6 is 23.6 Å². The van der Waals surface area contributed by atoms with Gasteiger partial charge in [-0.25, -0.2) is 4.68 Å². The summed E-state index contributed by atoms with van der Waals surface area (Å²) in [6, 6.07) is 4.32. The van der Waals surface area contributed by atoms with Crippen LogP contribution < -0.4 is 0 Å². The van der Waals surface area contributed by atoms with Crippen LogP contribution in [0.1, 0.15) is 22.4 Å². The van der Waals surface area contributed by atoms with Crippen LogP contribution in [0.5, 0.6) is 0 Å². The van der Waals surface area contributed by atoms with Crippen molar-refractivity contribution < 1.29 is 0 Å². The SMILES string of the molecule is CCn1nc(C)c2[nH]c(=S)n(Cc3ccc(C)s3)c21. The molecule has 0 aliphatic heterocycles. The average molecular weight is 292 g/mol. The Labute approximate surface area is 120 Å². The molecule has 3 rings (SSSR count). The molecule has 3 aromatic rings. The van der Waals surface area contributed by atoms with Crippen molar-refractivity contribution >= 4 is 34.7 Å². The van der Waals surface area contributed by atoms with E-state index in [2.05, 4.69) is 40.6 Å². The number of nitrogens with one attached hydrogen (secondary N) is 1. The van der Waals surface area contributed by atoms with Gasteiger partial charge in [-0.05, 0) is 45.1 Å². The first-order valence-corrected chi connectivity index (χ1v) is 7.54. The highest BCUT2D eigenvalue weighted by atomic mass is 32.1. The zero-order valence-electron chi connectivity index (χ0n) is 11.2. The summed E-state index contributed by atoms with van der Waals surface area (Å²) >= 11 is 7.26. The molecule has 6 heteroatoms. The molecule has 3 heterocycles. The predicted molar refractivity (Wildman–Crippen MR) is 81.5 cm³/mol. The summed E-state index contributed by atoms with van der Waals surface area (Å²) in [5, 5.41) is 4.54. The topological polar surface area (TPSA) is 38.5 Å². The Hall–Kier alpha value is -1.40. The number of thiophene rings is 1. The third-order valence-electron chi connectivity index (χ3n) is 3.24. The molecule has 0 aliphatic rings. The summed E-state index contributed by atoms with van der Waals surface area (Å²) in [6.45, 7) is 7.89. The quantitative estimate of drug-likeness (QED) is 0.748. The van der Waals surface area contributed by atoms with Crippen LogP contribution in [0.25, 0.3) is 11.2 Å². The Balaban J connectivity index is 2.17. The number of hydrogen-bond acceptors (Lipinski definition) is 3. The number of hydrogen-bond donors (Lipinski definition) is 1. The van der Waals surface area contributed by atoms with Gasteiger partial charge in [0.15, 0.2) is 10.4 Å². The standard InChI is InChI=1S/C13H16N4S2/c1-4-17-12-11(9(3)15-17)14-13(18)16(12)7-10-6-5-8(2)19-10/h5-6H,4,7H2,1-3H3,(H,14,18). The molecule has 0 unspecified atom stereocenters. The number of fused-ring (bicyclic) bond motifs is 1. The minimum Gasteiger partial charge on any atom is -0.328 e. The van der Waals surface area contributed by atoms with Crippen LogP contribution in [0.2, 0.25) is 0 Å². The van der Waals surface area contributed by atoms with Gasteiger partial charge in [-0.15, -0.1) is 11.3 Å². The predicted octanol–water partition coefficient (Wildman–Crippen LogP) is 3.64. The van der Waals surface area contributed by atoms with E-state index in [0.29, 0.717) is 0 Å². The second-order valence-corrected chi connectivity index (χ2v) is 6.39. The summed E-state index contributed by atoms with van der Waals surface area (Å²) in [4.78, 5) is 5.92. The summed E-state index contributed by atoms with van der Waals surface area (Å²) in [5.41, 5.74) is 3.15. The van der Waals surface area contributed by atoms with Gasteiger partial charge in [-0.1, -0.05) is 0 Å². The minimum absolute atomic E-state index is 0.767. The molecule has 0 saturated carbocycles. The first-order valence-electron chi connectivity index (χ1n) is 6.31. The molecule has 0 aromatic carbocycles. The minimum atomic E-state index is 0.767. The van der Waals surface area contributed by atoms with Gasteiger partial charge in [0.1, 0.15) is 5.52 Å². The number of aromatic amines is 1. The van der Waals surface area contributed by atoms with E-state index in [9.17, 15) is 0 Å². The maximum absolute atomic E-state index is 5.45. The smallest absolute Gasteiger partial charge is 0.179 e. The molecule has 0 radical (unpaired) electrons. The molecule has 100 valence electrons. The highest BCUT2D eigenvalue weighted by Gasteiger charge is 2.14. The number of rotatable bonds is 3. The van der Waals surface area contributed by atoms with E-state index in [0.717, 1.165) is 34.7 Å². The molecule has 0 bridgehead atoms. The summed E-state index contributed by atoms with van der Waals surface area (Å²) in [6.07, 6.45) is 0. The fraction of sp³-hybridized carbons (Fsp3) is 0.385. The van der Waals surface area contributed by atoms with Crippen LogP contribution in [0.4, 0.5) is 0 Å². The molecular formula is C13H16N4S2. The first kappa shape index (κ1) is 12.6. The van der Waals surface area contributed by atoms with E-state index in [4.69, 9.17) is 12.2 Å². The van der Waals surface area contributed by atoms with Crippen molar-refractivity contribution in [1.82, 2.24) is 19.3 Å². The Morgan fingerprint density at radius 2 is 2.16 bits per heavy atom. The summed E-state index contributed by atoms with van der Waals surface area (Å²) in [5.74, 6) is 0. The zero-order chi connectivity index (χ0) is 13.6. The van der Waals surface area contributed by atoms with Crippen LogP contribution in [0.3, 0.4) is 0 Å². The second-order valence-electron chi connectivity index (χ2n) is 4.63. The van der Waals surface area contributed by atoms with Crippen molar-refractivity contribution in [2.24, 2.45) is 0 Å². The lowest BCUT2D eigenvalue weighted by Gasteiger charge is -2.04. The van der Waals surface area contributed by atoms with Crippen LogP contribution in [-0.4, -0.2) is 19.3 Å². The molecule has 4 nitrogen and oxygen atoms in total. The lowest BCUT2D eigenvalue weighted by Crippen LogP contribution is -2.05. The molecule has 0 saturated heterocycles. The van der Waals surface area contributed by atoms with Crippen molar-refractivity contribution in [3.05, 3.63) is 32.4 Å². The first-order chi connectivity index (χ1) is 9.10. The van der Waals surface area contributed by atoms with Gasteiger partial charge in [0.25, 0.3) is 0 Å². The molecular weight excluding hydrogens is 276 g/mol. The molecule has 0 amide bonds. The maximum Gasteiger partial charge on any atom is 0.179 e. The van der Waals surface area contributed by atoms with Crippen molar-refractivity contribution in [3.63, 3.8) is 0 Å². The molecule has 3 aromatic heterocycles. The third-order valence-corrected chi connectivity index (χ3v) is 4.55. The lowest BCUT2D eigenvalue weighted by molar-refractivity contribution is 0.645. The van der Waals surface area contributed by atoms with Crippen molar-refractivity contribution in [1.29, 1.82) is 0 Å². The number of aryl methyl sites for hydroxylation is 3. The molecule has 1 N–H and O–H groups in total. The van der Waals surface area contributed by atoms with Gasteiger partial charge in [0, 0.05) is 16.3 Å². The number of H-pyrrole nitrogens is 1. The van der Waals surface area contributed by atoms with Gasteiger partial charge in [-0.2, -0.15) is 5.10 Å². The van der Waals surface area contributed by atoms with E-state index in [1.807, 2.05) is 22.9 Å². The Kier molecular flexibility index (Phi) is 3.06. The van der Waals surface area contributed by atoms with Gasteiger partial charge in [0.05, 0.1) is 12.2 Å². The number of nitrogens with zero attached hydrogens (tertiary/aromatic N) is 3. The van der Waals surface area contributed by atoms with Crippen molar-refractivity contribution in [2.75, 3.05) is 0 Å². The fourth-order valence-corrected chi connectivity index (χ4v) is 3.49. The van der Waals surface area contributed by atoms with Crippen LogP contribution in [-0.2, 0) is 13.1 Å². The average Bonchev–Trinajstić information content (AvgIpc) is 3.00. The van der Waals surface area contributed by atoms with Gasteiger partial charge in [0.2, 0.25) is 0 Å². The summed E-state index contributed by atoms with van der Waals surface area (Å²) < 4.78 is 4.92. The molecule has 0 fully saturated rings. The third kappa shape index (κ3) is 2.04. The number of imidazole rings is 1. The van der Waals surface area contributed by atoms with Crippen molar-refractivity contribution in [3.8, 4) is 0 Å².